The first kappa shape index (κ1) is 10.6. The molecule has 0 aliphatic carbocycles. The van der Waals surface area contributed by atoms with Gasteiger partial charge in [-0.05, 0) is 46.6 Å². The Hall–Kier alpha value is 0.470. The molecule has 1 aromatic heterocycles. The molecule has 0 saturated carbocycles. The number of hydrogen-bond acceptors (Lipinski definition) is 1. The average Bonchev–Trinajstić information content (AvgIpc) is 2.36. The fourth-order valence-electron chi connectivity index (χ4n) is 0.926. The zero-order valence-corrected chi connectivity index (χ0v) is 10.3. The summed E-state index contributed by atoms with van der Waals surface area (Å²) in [5.74, 6) is 0.543. The molecular weight excluding hydrogens is 256 g/mol. The third-order valence-corrected chi connectivity index (χ3v) is 4.36. The van der Waals surface area contributed by atoms with Crippen molar-refractivity contribution in [2.24, 2.45) is 5.92 Å². The third-order valence-electron chi connectivity index (χ3n) is 1.98. The summed E-state index contributed by atoms with van der Waals surface area (Å²) in [6.45, 7) is 4.23. The molecule has 0 radical (unpaired) electrons. The molecule has 2 atom stereocenters. The SMILES string of the molecule is CC(Cl)C(C)Cc1sccc1Br. The van der Waals surface area contributed by atoms with Crippen LogP contribution in [0.2, 0.25) is 0 Å². The molecule has 0 saturated heterocycles. The van der Waals surface area contributed by atoms with Crippen molar-refractivity contribution in [1.82, 2.24) is 0 Å². The zero-order valence-electron chi connectivity index (χ0n) is 7.18. The molecular formula is C9H12BrClS. The molecule has 0 fully saturated rings. The maximum atomic E-state index is 5.99. The van der Waals surface area contributed by atoms with Crippen LogP contribution in [-0.2, 0) is 6.42 Å². The van der Waals surface area contributed by atoms with Crippen LogP contribution in [0, 0.1) is 5.92 Å². The molecule has 3 heteroatoms. The second-order valence-electron chi connectivity index (χ2n) is 3.05. The molecule has 1 aromatic rings. The van der Waals surface area contributed by atoms with Crippen molar-refractivity contribution in [3.8, 4) is 0 Å². The molecule has 0 aliphatic heterocycles. The maximum absolute atomic E-state index is 5.99. The van der Waals surface area contributed by atoms with Crippen LogP contribution in [0.4, 0.5) is 0 Å². The van der Waals surface area contributed by atoms with E-state index in [9.17, 15) is 0 Å². The lowest BCUT2D eigenvalue weighted by Crippen LogP contribution is -2.09. The first-order chi connectivity index (χ1) is 5.61. The highest BCUT2D eigenvalue weighted by Crippen LogP contribution is 2.27. The average molecular weight is 268 g/mol. The summed E-state index contributed by atoms with van der Waals surface area (Å²) in [5, 5.41) is 2.35. The third kappa shape index (κ3) is 2.75. The topological polar surface area (TPSA) is 0 Å². The van der Waals surface area contributed by atoms with E-state index in [1.54, 1.807) is 11.3 Å². The van der Waals surface area contributed by atoms with Crippen LogP contribution in [0.25, 0.3) is 0 Å². The molecule has 0 spiro atoms. The molecule has 0 nitrogen and oxygen atoms in total. The normalized spacial score (nSPS) is 16.0. The van der Waals surface area contributed by atoms with E-state index in [1.807, 2.05) is 6.92 Å². The lowest BCUT2D eigenvalue weighted by Gasteiger charge is -2.12. The summed E-state index contributed by atoms with van der Waals surface area (Å²) in [6, 6.07) is 2.09. The molecule has 68 valence electrons. The Balaban J connectivity index is 2.58. The molecule has 0 bridgehead atoms. The smallest absolute Gasteiger partial charge is 0.0336 e. The van der Waals surface area contributed by atoms with E-state index < -0.39 is 0 Å². The predicted molar refractivity (Wildman–Crippen MR) is 60.2 cm³/mol. The van der Waals surface area contributed by atoms with Crippen LogP contribution in [0.3, 0.4) is 0 Å². The summed E-state index contributed by atoms with van der Waals surface area (Å²) >= 11 is 11.3. The Morgan fingerprint density at radius 1 is 1.58 bits per heavy atom. The van der Waals surface area contributed by atoms with Gasteiger partial charge in [-0.25, -0.2) is 0 Å². The minimum atomic E-state index is 0.249. The van der Waals surface area contributed by atoms with Gasteiger partial charge in [0.1, 0.15) is 0 Å². The largest absolute Gasteiger partial charge is 0.148 e. The number of alkyl halides is 1. The standard InChI is InChI=1S/C9H12BrClS/c1-6(7(2)11)5-9-8(10)3-4-12-9/h3-4,6-7H,5H2,1-2H3. The highest BCUT2D eigenvalue weighted by molar-refractivity contribution is 9.10. The van der Waals surface area contributed by atoms with Crippen molar-refractivity contribution < 1.29 is 0 Å². The van der Waals surface area contributed by atoms with E-state index >= 15 is 0 Å². The lowest BCUT2D eigenvalue weighted by atomic mass is 10.0. The number of hydrogen-bond donors (Lipinski definition) is 0. The van der Waals surface area contributed by atoms with Gasteiger partial charge in [-0.15, -0.1) is 22.9 Å². The molecule has 2 unspecified atom stereocenters. The Morgan fingerprint density at radius 2 is 2.25 bits per heavy atom. The van der Waals surface area contributed by atoms with Crippen molar-refractivity contribution >= 4 is 38.9 Å². The second-order valence-corrected chi connectivity index (χ2v) is 5.59. The van der Waals surface area contributed by atoms with Gasteiger partial charge < -0.3 is 0 Å². The van der Waals surface area contributed by atoms with Gasteiger partial charge in [0.25, 0.3) is 0 Å². The summed E-state index contributed by atoms with van der Waals surface area (Å²) in [4.78, 5) is 1.40. The van der Waals surface area contributed by atoms with Crippen molar-refractivity contribution in [3.05, 3.63) is 20.8 Å². The summed E-state index contributed by atoms with van der Waals surface area (Å²) in [6.07, 6.45) is 1.07. The van der Waals surface area contributed by atoms with Crippen LogP contribution < -0.4 is 0 Å². The van der Waals surface area contributed by atoms with Gasteiger partial charge in [-0.3, -0.25) is 0 Å². The molecule has 0 amide bonds. The lowest BCUT2D eigenvalue weighted by molar-refractivity contribution is 0.572. The molecule has 1 heterocycles. The molecule has 12 heavy (non-hydrogen) atoms. The zero-order chi connectivity index (χ0) is 9.14. The highest BCUT2D eigenvalue weighted by atomic mass is 79.9. The minimum absolute atomic E-state index is 0.249. The van der Waals surface area contributed by atoms with E-state index in [4.69, 9.17) is 11.6 Å². The minimum Gasteiger partial charge on any atom is -0.148 e. The number of thiophene rings is 1. The number of rotatable bonds is 3. The van der Waals surface area contributed by atoms with Crippen molar-refractivity contribution in [2.75, 3.05) is 0 Å². The molecule has 0 aliphatic rings. The summed E-state index contributed by atoms with van der Waals surface area (Å²) in [7, 11) is 0. The first-order valence-electron chi connectivity index (χ1n) is 3.97. The first-order valence-corrected chi connectivity index (χ1v) is 6.08. The van der Waals surface area contributed by atoms with E-state index in [2.05, 4.69) is 34.3 Å². The van der Waals surface area contributed by atoms with Crippen molar-refractivity contribution in [1.29, 1.82) is 0 Å². The molecule has 1 rings (SSSR count). The van der Waals surface area contributed by atoms with E-state index in [1.165, 1.54) is 9.35 Å². The fourth-order valence-corrected chi connectivity index (χ4v) is 2.67. The van der Waals surface area contributed by atoms with Crippen LogP contribution in [0.1, 0.15) is 18.7 Å². The quantitative estimate of drug-likeness (QED) is 0.716. The summed E-state index contributed by atoms with van der Waals surface area (Å²) < 4.78 is 1.22. The van der Waals surface area contributed by atoms with Crippen LogP contribution >= 0.6 is 38.9 Å². The highest BCUT2D eigenvalue weighted by Gasteiger charge is 2.12. The van der Waals surface area contributed by atoms with Gasteiger partial charge in [0, 0.05) is 14.7 Å². The van der Waals surface area contributed by atoms with Gasteiger partial charge in [0.05, 0.1) is 0 Å². The Morgan fingerprint density at radius 3 is 2.67 bits per heavy atom. The van der Waals surface area contributed by atoms with Gasteiger partial charge >= 0.3 is 0 Å². The van der Waals surface area contributed by atoms with Crippen molar-refractivity contribution in [2.45, 2.75) is 25.6 Å². The number of halogens is 2. The van der Waals surface area contributed by atoms with Crippen LogP contribution in [0.15, 0.2) is 15.9 Å². The Labute approximate surface area is 91.1 Å². The van der Waals surface area contributed by atoms with Crippen LogP contribution in [0.5, 0.6) is 0 Å². The van der Waals surface area contributed by atoms with Crippen LogP contribution in [-0.4, -0.2) is 5.38 Å². The maximum Gasteiger partial charge on any atom is 0.0336 e. The van der Waals surface area contributed by atoms with E-state index in [0.29, 0.717) is 5.92 Å². The van der Waals surface area contributed by atoms with E-state index in [-0.39, 0.29) is 5.38 Å². The van der Waals surface area contributed by atoms with Gasteiger partial charge in [-0.1, -0.05) is 6.92 Å². The fraction of sp³-hybridized carbons (Fsp3) is 0.556. The summed E-state index contributed by atoms with van der Waals surface area (Å²) in [5.41, 5.74) is 0. The Kier molecular flexibility index (Phi) is 4.08. The molecule has 0 N–H and O–H groups in total. The van der Waals surface area contributed by atoms with Gasteiger partial charge in [-0.2, -0.15) is 0 Å². The van der Waals surface area contributed by atoms with Gasteiger partial charge in [0.15, 0.2) is 0 Å². The van der Waals surface area contributed by atoms with Crippen molar-refractivity contribution in [3.63, 3.8) is 0 Å². The van der Waals surface area contributed by atoms with Gasteiger partial charge in [0.2, 0.25) is 0 Å². The Bertz CT molecular complexity index is 244. The predicted octanol–water partition coefficient (Wildman–Crippen LogP) is 4.32. The van der Waals surface area contributed by atoms with E-state index in [0.717, 1.165) is 6.42 Å². The monoisotopic (exact) mass is 266 g/mol. The molecule has 0 aromatic carbocycles. The second kappa shape index (κ2) is 4.64.